The van der Waals surface area contributed by atoms with E-state index >= 15 is 0 Å². The number of halogens is 1. The number of hydrogen-bond donors (Lipinski definition) is 2. The molecule has 114 valence electrons. The van der Waals surface area contributed by atoms with Gasteiger partial charge in [0, 0.05) is 0 Å². The Morgan fingerprint density at radius 1 is 1.33 bits per heavy atom. The number of nitrogen functional groups attached to an aromatic ring is 1. The van der Waals surface area contributed by atoms with Crippen LogP contribution in [0, 0.1) is 0 Å². The lowest BCUT2D eigenvalue weighted by molar-refractivity contribution is 0.00578. The molecule has 2 rings (SSSR count). The molecule has 3 N–H and O–H groups in total. The second-order valence-electron chi connectivity index (χ2n) is 6.08. The second kappa shape index (κ2) is 5.61. The molecule has 0 spiro atoms. The zero-order valence-electron chi connectivity index (χ0n) is 12.7. The number of aromatic nitrogens is 1. The summed E-state index contributed by atoms with van der Waals surface area (Å²) in [6, 6.07) is 3.39. The van der Waals surface area contributed by atoms with Crippen molar-refractivity contribution in [2.45, 2.75) is 38.9 Å². The molecule has 0 aromatic carbocycles. The van der Waals surface area contributed by atoms with Crippen LogP contribution in [0.25, 0.3) is 6.08 Å². The summed E-state index contributed by atoms with van der Waals surface area (Å²) in [5.41, 5.74) is 6.30. The van der Waals surface area contributed by atoms with Gasteiger partial charge in [0.2, 0.25) is 0 Å². The molecule has 0 unspecified atom stereocenters. The predicted molar refractivity (Wildman–Crippen MR) is 84.8 cm³/mol. The number of hydrogen-bond acceptors (Lipinski definition) is 5. The summed E-state index contributed by atoms with van der Waals surface area (Å²) in [4.78, 5) is 4.15. The number of nitrogens with two attached hydrogens (primary N) is 1. The molecule has 1 aliphatic heterocycles. The third-order valence-corrected chi connectivity index (χ3v) is 4.27. The first-order valence-corrected chi connectivity index (χ1v) is 7.13. The maximum atomic E-state index is 9.60. The Balaban J connectivity index is 2.28. The lowest BCUT2D eigenvalue weighted by atomic mass is 9.78. The Kier molecular flexibility index (Phi) is 4.35. The molecule has 7 heteroatoms. The van der Waals surface area contributed by atoms with E-state index in [9.17, 15) is 5.11 Å². The number of pyridine rings is 1. The molecule has 0 atom stereocenters. The van der Waals surface area contributed by atoms with Gasteiger partial charge in [0.05, 0.1) is 29.2 Å². The molecule has 1 saturated heterocycles. The van der Waals surface area contributed by atoms with E-state index in [1.54, 1.807) is 18.2 Å². The molecule has 5 nitrogen and oxygen atoms in total. The molecule has 2 heterocycles. The number of aliphatic hydroxyl groups excluding tert-OH is 1. The van der Waals surface area contributed by atoms with Crippen LogP contribution in [-0.4, -0.2) is 35.0 Å². The molecule has 1 aliphatic rings. The molecular formula is C14H20BClN2O3. The van der Waals surface area contributed by atoms with Gasteiger partial charge in [-0.3, -0.25) is 0 Å². The molecule has 1 fully saturated rings. The van der Waals surface area contributed by atoms with E-state index in [0.29, 0.717) is 16.9 Å². The molecule has 21 heavy (non-hydrogen) atoms. The van der Waals surface area contributed by atoms with Crippen LogP contribution < -0.4 is 5.73 Å². The van der Waals surface area contributed by atoms with Gasteiger partial charge in [-0.25, -0.2) is 4.98 Å². The summed E-state index contributed by atoms with van der Waals surface area (Å²) >= 11 is 5.90. The van der Waals surface area contributed by atoms with Crippen molar-refractivity contribution in [2.24, 2.45) is 0 Å². The van der Waals surface area contributed by atoms with Gasteiger partial charge in [-0.05, 0) is 51.4 Å². The largest absolute Gasteiger partial charge is 0.492 e. The molecule has 0 saturated carbocycles. The fourth-order valence-corrected chi connectivity index (χ4v) is 2.07. The summed E-state index contributed by atoms with van der Waals surface area (Å²) in [6.45, 7) is 7.64. The van der Waals surface area contributed by atoms with Gasteiger partial charge in [0.1, 0.15) is 0 Å². The van der Waals surface area contributed by atoms with Crippen molar-refractivity contribution >= 4 is 30.5 Å². The minimum atomic E-state index is -0.613. The summed E-state index contributed by atoms with van der Waals surface area (Å²) in [5, 5.41) is 9.83. The van der Waals surface area contributed by atoms with Crippen molar-refractivity contribution in [3.8, 4) is 0 Å². The van der Waals surface area contributed by atoms with Crippen LogP contribution in [0.15, 0.2) is 17.6 Å². The van der Waals surface area contributed by atoms with E-state index < -0.39 is 18.3 Å². The zero-order valence-corrected chi connectivity index (χ0v) is 13.4. The monoisotopic (exact) mass is 310 g/mol. The predicted octanol–water partition coefficient (Wildman–Crippen LogP) is 2.32. The van der Waals surface area contributed by atoms with Gasteiger partial charge < -0.3 is 20.1 Å². The molecule has 1 aromatic heterocycles. The lowest BCUT2D eigenvalue weighted by Crippen LogP contribution is -2.41. The van der Waals surface area contributed by atoms with Crippen molar-refractivity contribution in [2.75, 3.05) is 12.3 Å². The summed E-state index contributed by atoms with van der Waals surface area (Å²) in [6.07, 6.45) is 1.70. The number of nitrogens with zero attached hydrogens (tertiary/aromatic N) is 1. The van der Waals surface area contributed by atoms with Gasteiger partial charge in [-0.2, -0.15) is 0 Å². The second-order valence-corrected chi connectivity index (χ2v) is 6.44. The first kappa shape index (κ1) is 16.3. The Hall–Kier alpha value is -1.08. The van der Waals surface area contributed by atoms with Gasteiger partial charge in [-0.1, -0.05) is 11.6 Å². The van der Waals surface area contributed by atoms with Crippen molar-refractivity contribution < 1.29 is 14.4 Å². The first-order chi connectivity index (χ1) is 9.66. The van der Waals surface area contributed by atoms with E-state index in [-0.39, 0.29) is 11.8 Å². The maximum Gasteiger partial charge on any atom is 0.492 e. The Bertz CT molecular complexity index is 559. The fraction of sp³-hybridized carbons (Fsp3) is 0.500. The average Bonchev–Trinajstić information content (AvgIpc) is 2.59. The van der Waals surface area contributed by atoms with Crippen molar-refractivity contribution in [1.29, 1.82) is 0 Å². The van der Waals surface area contributed by atoms with Gasteiger partial charge in [-0.15, -0.1) is 0 Å². The third-order valence-electron chi connectivity index (χ3n) is 3.97. The molecule has 0 amide bonds. The third kappa shape index (κ3) is 3.24. The number of anilines is 1. The minimum absolute atomic E-state index is 0.194. The van der Waals surface area contributed by atoms with Crippen LogP contribution in [0.4, 0.5) is 5.69 Å². The fourth-order valence-electron chi connectivity index (χ4n) is 1.91. The van der Waals surface area contributed by atoms with Crippen LogP contribution in [0.5, 0.6) is 0 Å². The van der Waals surface area contributed by atoms with Gasteiger partial charge in [0.15, 0.2) is 5.15 Å². The van der Waals surface area contributed by atoms with Crippen LogP contribution in [0.1, 0.15) is 33.4 Å². The van der Waals surface area contributed by atoms with E-state index in [1.807, 2.05) is 27.7 Å². The van der Waals surface area contributed by atoms with Crippen LogP contribution in [0.3, 0.4) is 0 Å². The van der Waals surface area contributed by atoms with Crippen molar-refractivity contribution in [3.05, 3.63) is 28.5 Å². The summed E-state index contributed by atoms with van der Waals surface area (Å²) in [5.74, 6) is 0. The number of aliphatic hydroxyl groups is 1. The van der Waals surface area contributed by atoms with E-state index in [0.717, 1.165) is 0 Å². The van der Waals surface area contributed by atoms with Crippen LogP contribution >= 0.6 is 11.6 Å². The molecule has 0 bridgehead atoms. The zero-order chi connectivity index (χ0) is 15.8. The quantitative estimate of drug-likeness (QED) is 0.662. The SMILES string of the molecule is CC1(C)OB(C(=Cc2ccc(N)c(Cl)n2)CO)OC1(C)C. The van der Waals surface area contributed by atoms with Gasteiger partial charge >= 0.3 is 7.12 Å². The molecule has 1 aromatic rings. The highest BCUT2D eigenvalue weighted by Crippen LogP contribution is 2.38. The van der Waals surface area contributed by atoms with Crippen LogP contribution in [-0.2, 0) is 9.31 Å². The normalized spacial score (nSPS) is 20.9. The van der Waals surface area contributed by atoms with Crippen molar-refractivity contribution in [3.63, 3.8) is 0 Å². The van der Waals surface area contributed by atoms with E-state index in [1.165, 1.54) is 0 Å². The topological polar surface area (TPSA) is 77.6 Å². The first-order valence-electron chi connectivity index (χ1n) is 6.75. The Morgan fingerprint density at radius 2 is 1.90 bits per heavy atom. The van der Waals surface area contributed by atoms with Gasteiger partial charge in [0.25, 0.3) is 0 Å². The number of rotatable bonds is 3. The molecular weight excluding hydrogens is 290 g/mol. The highest BCUT2D eigenvalue weighted by molar-refractivity contribution is 6.55. The Morgan fingerprint density at radius 3 is 2.38 bits per heavy atom. The van der Waals surface area contributed by atoms with E-state index in [4.69, 9.17) is 26.6 Å². The average molecular weight is 311 g/mol. The standard InChI is InChI=1S/C14H20BClN2O3/c1-13(2)14(3,4)21-15(20-13)9(8-19)7-10-5-6-11(17)12(16)18-10/h5-7,19H,8,17H2,1-4H3. The van der Waals surface area contributed by atoms with Crippen LogP contribution in [0.2, 0.25) is 5.15 Å². The van der Waals surface area contributed by atoms with E-state index in [2.05, 4.69) is 4.98 Å². The smallest absolute Gasteiger partial charge is 0.400 e. The lowest BCUT2D eigenvalue weighted by Gasteiger charge is -2.32. The minimum Gasteiger partial charge on any atom is -0.400 e. The summed E-state index contributed by atoms with van der Waals surface area (Å²) in [7, 11) is -0.613. The highest BCUT2D eigenvalue weighted by Gasteiger charge is 2.52. The maximum absolute atomic E-state index is 9.60. The molecule has 0 aliphatic carbocycles. The highest BCUT2D eigenvalue weighted by atomic mass is 35.5. The summed E-state index contributed by atoms with van der Waals surface area (Å²) < 4.78 is 11.8. The Labute approximate surface area is 130 Å². The van der Waals surface area contributed by atoms with Crippen molar-refractivity contribution in [1.82, 2.24) is 4.98 Å². The molecule has 0 radical (unpaired) electrons.